The summed E-state index contributed by atoms with van der Waals surface area (Å²) in [7, 11) is -3.16. The molecule has 1 fully saturated rings. The Morgan fingerprint density at radius 2 is 1.92 bits per heavy atom. The highest BCUT2D eigenvalue weighted by Crippen LogP contribution is 2.33. The van der Waals surface area contributed by atoms with E-state index >= 15 is 0 Å². The number of nitrogens with zero attached hydrogens (tertiary/aromatic N) is 1. The van der Waals surface area contributed by atoms with Gasteiger partial charge >= 0.3 is 0 Å². The zero-order chi connectivity index (χ0) is 18.0. The fourth-order valence-electron chi connectivity index (χ4n) is 3.76. The third kappa shape index (κ3) is 4.00. The summed E-state index contributed by atoms with van der Waals surface area (Å²) in [5.41, 5.74) is 1.79. The third-order valence-electron chi connectivity index (χ3n) is 5.43. The van der Waals surface area contributed by atoms with Gasteiger partial charge in [0.2, 0.25) is 5.91 Å². The zero-order valence-corrected chi connectivity index (χ0v) is 15.9. The summed E-state index contributed by atoms with van der Waals surface area (Å²) >= 11 is 0. The van der Waals surface area contributed by atoms with Gasteiger partial charge in [-0.3, -0.25) is 4.79 Å². The fourth-order valence-corrected chi connectivity index (χ4v) is 5.61. The van der Waals surface area contributed by atoms with Gasteiger partial charge in [0.05, 0.1) is 22.4 Å². The number of anilines is 2. The Labute approximate surface area is 150 Å². The lowest BCUT2D eigenvalue weighted by atomic mass is 9.99. The predicted octanol–water partition coefficient (Wildman–Crippen LogP) is 3.22. The number of hydrogen-bond acceptors (Lipinski definition) is 4. The first-order valence-electron chi connectivity index (χ1n) is 9.26. The molecule has 1 aliphatic heterocycles. The van der Waals surface area contributed by atoms with E-state index in [1.807, 2.05) is 24.3 Å². The SMILES string of the molecule is CC(C)C1CN(C(=O)CCS(=O)(=O)C2CCCC2)c2ccccc2N1. The molecule has 1 N–H and O–H groups in total. The van der Waals surface area contributed by atoms with Crippen molar-refractivity contribution in [3.63, 3.8) is 0 Å². The van der Waals surface area contributed by atoms with Crippen LogP contribution in [0, 0.1) is 5.92 Å². The summed E-state index contributed by atoms with van der Waals surface area (Å²) < 4.78 is 24.9. The summed E-state index contributed by atoms with van der Waals surface area (Å²) in [5.74, 6) is 0.252. The van der Waals surface area contributed by atoms with Crippen molar-refractivity contribution >= 4 is 27.1 Å². The van der Waals surface area contributed by atoms with E-state index < -0.39 is 9.84 Å². The molecule has 138 valence electrons. The van der Waals surface area contributed by atoms with E-state index in [4.69, 9.17) is 0 Å². The number of rotatable bonds is 5. The summed E-state index contributed by atoms with van der Waals surface area (Å²) in [6.07, 6.45) is 3.54. The van der Waals surface area contributed by atoms with Gasteiger partial charge in [-0.25, -0.2) is 8.42 Å². The van der Waals surface area contributed by atoms with Crippen LogP contribution in [0.5, 0.6) is 0 Å². The Morgan fingerprint density at radius 3 is 2.60 bits per heavy atom. The topological polar surface area (TPSA) is 66.5 Å². The molecule has 1 unspecified atom stereocenters. The molecule has 2 aliphatic rings. The van der Waals surface area contributed by atoms with Crippen LogP contribution in [0.15, 0.2) is 24.3 Å². The minimum absolute atomic E-state index is 0.0328. The Morgan fingerprint density at radius 1 is 1.24 bits per heavy atom. The number of amides is 1. The van der Waals surface area contributed by atoms with Gasteiger partial charge in [-0.2, -0.15) is 0 Å². The van der Waals surface area contributed by atoms with Crippen LogP contribution in [0.4, 0.5) is 11.4 Å². The van der Waals surface area contributed by atoms with Crippen molar-refractivity contribution in [2.45, 2.75) is 57.2 Å². The Bertz CT molecular complexity index is 724. The highest BCUT2D eigenvalue weighted by molar-refractivity contribution is 7.92. The van der Waals surface area contributed by atoms with Gasteiger partial charge in [0.1, 0.15) is 0 Å². The smallest absolute Gasteiger partial charge is 0.228 e. The quantitative estimate of drug-likeness (QED) is 0.871. The van der Waals surface area contributed by atoms with Crippen LogP contribution in [0.3, 0.4) is 0 Å². The zero-order valence-electron chi connectivity index (χ0n) is 15.1. The molecule has 1 heterocycles. The molecule has 1 aliphatic carbocycles. The van der Waals surface area contributed by atoms with Gasteiger partial charge in [0.25, 0.3) is 0 Å². The number of benzene rings is 1. The number of fused-ring (bicyclic) bond motifs is 1. The minimum Gasteiger partial charge on any atom is -0.379 e. The first-order valence-corrected chi connectivity index (χ1v) is 11.0. The lowest BCUT2D eigenvalue weighted by Gasteiger charge is -2.37. The van der Waals surface area contributed by atoms with Gasteiger partial charge in [0, 0.05) is 19.0 Å². The Kier molecular flexibility index (Phi) is 5.37. The summed E-state index contributed by atoms with van der Waals surface area (Å²) in [5, 5.41) is 3.25. The van der Waals surface area contributed by atoms with Crippen molar-refractivity contribution in [1.82, 2.24) is 0 Å². The minimum atomic E-state index is -3.16. The molecule has 0 radical (unpaired) electrons. The van der Waals surface area contributed by atoms with Crippen molar-refractivity contribution in [2.24, 2.45) is 5.92 Å². The number of para-hydroxylation sites is 2. The van der Waals surface area contributed by atoms with E-state index in [1.54, 1.807) is 4.90 Å². The standard InChI is InChI=1S/C19H28N2O3S/c1-14(2)17-13-21(18-10-6-5-9-16(18)20-17)19(22)11-12-25(23,24)15-7-3-4-8-15/h5-6,9-10,14-15,17,20H,3-4,7-8,11-13H2,1-2H3. The van der Waals surface area contributed by atoms with Crippen molar-refractivity contribution in [2.75, 3.05) is 22.5 Å². The second kappa shape index (κ2) is 7.36. The predicted molar refractivity (Wildman–Crippen MR) is 102 cm³/mol. The van der Waals surface area contributed by atoms with Crippen LogP contribution in [-0.2, 0) is 14.6 Å². The molecule has 1 atom stereocenters. The van der Waals surface area contributed by atoms with Crippen molar-refractivity contribution in [3.8, 4) is 0 Å². The molecule has 3 rings (SSSR count). The first kappa shape index (κ1) is 18.2. The van der Waals surface area contributed by atoms with Gasteiger partial charge in [-0.05, 0) is 30.9 Å². The second-order valence-corrected chi connectivity index (χ2v) is 9.94. The highest BCUT2D eigenvalue weighted by atomic mass is 32.2. The molecule has 1 amide bonds. The van der Waals surface area contributed by atoms with Gasteiger partial charge in [-0.15, -0.1) is 0 Å². The van der Waals surface area contributed by atoms with Crippen LogP contribution in [-0.4, -0.2) is 37.9 Å². The molecule has 0 spiro atoms. The lowest BCUT2D eigenvalue weighted by Crippen LogP contribution is -2.47. The molecule has 0 saturated heterocycles. The van der Waals surface area contributed by atoms with E-state index in [1.165, 1.54) is 0 Å². The number of nitrogens with one attached hydrogen (secondary N) is 1. The maximum absolute atomic E-state index is 12.8. The third-order valence-corrected chi connectivity index (χ3v) is 7.69. The van der Waals surface area contributed by atoms with Crippen LogP contribution in [0.1, 0.15) is 46.0 Å². The van der Waals surface area contributed by atoms with E-state index in [-0.39, 0.29) is 29.4 Å². The summed E-state index contributed by atoms with van der Waals surface area (Å²) in [6.45, 7) is 4.83. The molecule has 1 aromatic carbocycles. The van der Waals surface area contributed by atoms with Gasteiger partial charge in [-0.1, -0.05) is 38.8 Å². The second-order valence-electron chi connectivity index (χ2n) is 7.54. The van der Waals surface area contributed by atoms with Gasteiger partial charge < -0.3 is 10.2 Å². The molecule has 0 aromatic heterocycles. The summed E-state index contributed by atoms with van der Waals surface area (Å²) in [4.78, 5) is 14.6. The average molecular weight is 365 g/mol. The van der Waals surface area contributed by atoms with Crippen molar-refractivity contribution < 1.29 is 13.2 Å². The van der Waals surface area contributed by atoms with Crippen molar-refractivity contribution in [3.05, 3.63) is 24.3 Å². The van der Waals surface area contributed by atoms with Crippen LogP contribution in [0.2, 0.25) is 0 Å². The van der Waals surface area contributed by atoms with E-state index in [0.29, 0.717) is 12.5 Å². The molecule has 6 heteroatoms. The maximum Gasteiger partial charge on any atom is 0.228 e. The summed E-state index contributed by atoms with van der Waals surface area (Å²) in [6, 6.07) is 7.92. The largest absolute Gasteiger partial charge is 0.379 e. The highest BCUT2D eigenvalue weighted by Gasteiger charge is 2.32. The van der Waals surface area contributed by atoms with Crippen LogP contribution < -0.4 is 10.2 Å². The fraction of sp³-hybridized carbons (Fsp3) is 0.632. The number of sulfone groups is 1. The van der Waals surface area contributed by atoms with E-state index in [0.717, 1.165) is 37.1 Å². The van der Waals surface area contributed by atoms with E-state index in [9.17, 15) is 13.2 Å². The van der Waals surface area contributed by atoms with Gasteiger partial charge in [0.15, 0.2) is 9.84 Å². The Balaban J connectivity index is 1.72. The molecular weight excluding hydrogens is 336 g/mol. The van der Waals surface area contributed by atoms with Crippen LogP contribution in [0.25, 0.3) is 0 Å². The molecule has 5 nitrogen and oxygen atoms in total. The van der Waals surface area contributed by atoms with Crippen LogP contribution >= 0.6 is 0 Å². The molecule has 0 bridgehead atoms. The molecule has 25 heavy (non-hydrogen) atoms. The first-order chi connectivity index (χ1) is 11.9. The molecular formula is C19H28N2O3S. The number of carbonyl (C=O) groups excluding carboxylic acids is 1. The number of carbonyl (C=O) groups is 1. The maximum atomic E-state index is 12.8. The van der Waals surface area contributed by atoms with Crippen molar-refractivity contribution in [1.29, 1.82) is 0 Å². The lowest BCUT2D eigenvalue weighted by molar-refractivity contribution is -0.118. The normalized spacial score (nSPS) is 21.2. The monoisotopic (exact) mass is 364 g/mol. The molecule has 1 saturated carbocycles. The van der Waals surface area contributed by atoms with E-state index in [2.05, 4.69) is 19.2 Å². The average Bonchev–Trinajstić information content (AvgIpc) is 3.14. The number of hydrogen-bond donors (Lipinski definition) is 1. The Hall–Kier alpha value is -1.56. The molecule has 1 aromatic rings.